The van der Waals surface area contributed by atoms with Gasteiger partial charge in [-0.3, -0.25) is 13.9 Å². The molecule has 46 heavy (non-hydrogen) atoms. The number of carbonyl (C=O) groups is 2. The fourth-order valence-electron chi connectivity index (χ4n) is 4.95. The van der Waals surface area contributed by atoms with Gasteiger partial charge in [-0.15, -0.1) is 11.8 Å². The summed E-state index contributed by atoms with van der Waals surface area (Å²) in [6, 6.07) is 29.8. The summed E-state index contributed by atoms with van der Waals surface area (Å²) in [5, 5.41) is 3.05. The molecular weight excluding hydrogens is 682 g/mol. The van der Waals surface area contributed by atoms with Gasteiger partial charge >= 0.3 is 0 Å². The summed E-state index contributed by atoms with van der Waals surface area (Å²) in [7, 11) is -4.17. The van der Waals surface area contributed by atoms with Crippen molar-refractivity contribution in [2.24, 2.45) is 0 Å². The number of rotatable bonds is 12. The van der Waals surface area contributed by atoms with Crippen LogP contribution in [0, 0.1) is 6.92 Å². The molecule has 1 atom stereocenters. The van der Waals surface area contributed by atoms with Crippen molar-refractivity contribution < 1.29 is 18.0 Å². The van der Waals surface area contributed by atoms with Crippen LogP contribution in [0.15, 0.2) is 117 Å². The second kappa shape index (κ2) is 15.3. The van der Waals surface area contributed by atoms with Gasteiger partial charge in [0, 0.05) is 27.9 Å². The molecule has 0 saturated carbocycles. The van der Waals surface area contributed by atoms with E-state index in [4.69, 9.17) is 0 Å². The van der Waals surface area contributed by atoms with E-state index >= 15 is 0 Å². The minimum absolute atomic E-state index is 0.0727. The molecule has 7 nitrogen and oxygen atoms in total. The molecule has 4 rings (SSSR count). The highest BCUT2D eigenvalue weighted by Crippen LogP contribution is 2.27. The zero-order chi connectivity index (χ0) is 33.5. The second-order valence-electron chi connectivity index (χ2n) is 12.1. The van der Waals surface area contributed by atoms with Crippen LogP contribution in [0.4, 0.5) is 5.69 Å². The lowest BCUT2D eigenvalue weighted by Crippen LogP contribution is -2.56. The van der Waals surface area contributed by atoms with E-state index in [0.29, 0.717) is 5.69 Å². The lowest BCUT2D eigenvalue weighted by molar-refractivity contribution is -0.140. The van der Waals surface area contributed by atoms with Gasteiger partial charge in [-0.1, -0.05) is 76.1 Å². The molecule has 10 heteroatoms. The Balaban J connectivity index is 1.81. The summed E-state index contributed by atoms with van der Waals surface area (Å²) in [6.07, 6.45) is 2.16. The first kappa shape index (κ1) is 35.3. The van der Waals surface area contributed by atoms with Gasteiger partial charge in [-0.05, 0) is 93.6 Å². The molecule has 0 radical (unpaired) electrons. The fraction of sp³-hybridized carbons (Fsp3) is 0.278. The van der Waals surface area contributed by atoms with E-state index < -0.39 is 34.1 Å². The van der Waals surface area contributed by atoms with Crippen LogP contribution in [0.3, 0.4) is 0 Å². The van der Waals surface area contributed by atoms with Crippen molar-refractivity contribution in [3.05, 3.63) is 124 Å². The average molecular weight is 723 g/mol. The Morgan fingerprint density at radius 2 is 1.50 bits per heavy atom. The highest BCUT2D eigenvalue weighted by Gasteiger charge is 2.35. The van der Waals surface area contributed by atoms with Crippen LogP contribution >= 0.6 is 27.7 Å². The third-order valence-electron chi connectivity index (χ3n) is 7.26. The van der Waals surface area contributed by atoms with E-state index in [9.17, 15) is 18.0 Å². The van der Waals surface area contributed by atoms with Crippen molar-refractivity contribution in [2.45, 2.75) is 62.0 Å². The van der Waals surface area contributed by atoms with E-state index in [0.717, 1.165) is 30.4 Å². The Bertz CT molecular complexity index is 1740. The lowest BCUT2D eigenvalue weighted by atomic mass is 10.0. The molecule has 2 amide bonds. The first-order chi connectivity index (χ1) is 21.8. The van der Waals surface area contributed by atoms with Crippen molar-refractivity contribution in [1.82, 2.24) is 10.2 Å². The molecule has 1 N–H and O–H groups in total. The number of halogens is 1. The standard InChI is InChI=1S/C36H40BrN3O4S2/c1-26-14-16-30(17-15-26)40(46(43,44)32-20-18-31(45-5)19-21-32)25-34(41)39(24-28-12-9-13-29(37)22-28)33(35(42)38-36(2,3)4)23-27-10-7-6-8-11-27/h6-22,33H,23-25H2,1-5H3,(H,38,42)/t33-/m1/s1. The number of nitrogens with zero attached hydrogens (tertiary/aromatic N) is 2. The number of hydrogen-bond donors (Lipinski definition) is 1. The van der Waals surface area contributed by atoms with Gasteiger partial charge in [0.05, 0.1) is 10.6 Å². The Kier molecular flexibility index (Phi) is 11.7. The smallest absolute Gasteiger partial charge is 0.264 e. The van der Waals surface area contributed by atoms with Gasteiger partial charge in [0.15, 0.2) is 0 Å². The minimum Gasteiger partial charge on any atom is -0.350 e. The maximum Gasteiger partial charge on any atom is 0.264 e. The van der Waals surface area contributed by atoms with Gasteiger partial charge in [-0.25, -0.2) is 8.42 Å². The molecule has 4 aromatic carbocycles. The van der Waals surface area contributed by atoms with E-state index in [2.05, 4.69) is 21.2 Å². The van der Waals surface area contributed by atoms with Crippen molar-refractivity contribution >= 4 is 55.2 Å². The fourth-order valence-corrected chi connectivity index (χ4v) is 7.22. The first-order valence-corrected chi connectivity index (χ1v) is 18.4. The number of sulfonamides is 1. The van der Waals surface area contributed by atoms with Crippen LogP contribution in [0.25, 0.3) is 0 Å². The first-order valence-electron chi connectivity index (χ1n) is 14.9. The number of benzene rings is 4. The Morgan fingerprint density at radius 1 is 0.870 bits per heavy atom. The van der Waals surface area contributed by atoms with Crippen LogP contribution in [0.1, 0.15) is 37.5 Å². The number of nitrogens with one attached hydrogen (secondary N) is 1. The minimum atomic E-state index is -4.17. The number of anilines is 1. The molecule has 0 spiro atoms. The zero-order valence-electron chi connectivity index (χ0n) is 26.7. The molecule has 242 valence electrons. The van der Waals surface area contributed by atoms with Crippen LogP contribution in [-0.4, -0.2) is 49.5 Å². The van der Waals surface area contributed by atoms with Gasteiger partial charge in [0.2, 0.25) is 11.8 Å². The van der Waals surface area contributed by atoms with Crippen LogP contribution < -0.4 is 9.62 Å². The van der Waals surface area contributed by atoms with Gasteiger partial charge in [0.1, 0.15) is 12.6 Å². The number of amides is 2. The third-order valence-corrected chi connectivity index (χ3v) is 10.3. The van der Waals surface area contributed by atoms with Crippen molar-refractivity contribution in [2.75, 3.05) is 17.1 Å². The molecular formula is C36H40BrN3O4S2. The maximum absolute atomic E-state index is 14.6. The molecule has 0 bridgehead atoms. The van der Waals surface area contributed by atoms with E-state index in [1.54, 1.807) is 36.4 Å². The van der Waals surface area contributed by atoms with Crippen LogP contribution in [0.5, 0.6) is 0 Å². The van der Waals surface area contributed by atoms with E-state index in [1.165, 1.54) is 16.7 Å². The molecule has 0 aromatic heterocycles. The molecule has 0 heterocycles. The normalized spacial score (nSPS) is 12.3. The molecule has 0 saturated heterocycles. The number of carbonyl (C=O) groups excluding carboxylic acids is 2. The number of aryl methyl sites for hydroxylation is 1. The quantitative estimate of drug-likeness (QED) is 0.156. The summed E-state index contributed by atoms with van der Waals surface area (Å²) < 4.78 is 30.4. The highest BCUT2D eigenvalue weighted by molar-refractivity contribution is 9.10. The van der Waals surface area contributed by atoms with Gasteiger partial charge < -0.3 is 10.2 Å². The summed E-state index contributed by atoms with van der Waals surface area (Å²) in [5.74, 6) is -0.827. The Hall–Kier alpha value is -3.60. The maximum atomic E-state index is 14.6. The van der Waals surface area contributed by atoms with Crippen LogP contribution in [-0.2, 0) is 32.6 Å². The van der Waals surface area contributed by atoms with Gasteiger partial charge in [0.25, 0.3) is 10.0 Å². The third kappa shape index (κ3) is 9.47. The van der Waals surface area contributed by atoms with E-state index in [1.807, 2.05) is 101 Å². The summed E-state index contributed by atoms with van der Waals surface area (Å²) in [4.78, 5) is 31.1. The lowest BCUT2D eigenvalue weighted by Gasteiger charge is -2.35. The summed E-state index contributed by atoms with van der Waals surface area (Å²) in [6.45, 7) is 7.17. The number of hydrogen-bond acceptors (Lipinski definition) is 5. The average Bonchev–Trinajstić information content (AvgIpc) is 3.01. The Morgan fingerprint density at radius 3 is 2.09 bits per heavy atom. The molecule has 0 aliphatic rings. The predicted octanol–water partition coefficient (Wildman–Crippen LogP) is 7.23. The molecule has 0 aliphatic carbocycles. The highest BCUT2D eigenvalue weighted by atomic mass is 79.9. The van der Waals surface area contributed by atoms with E-state index in [-0.39, 0.29) is 23.8 Å². The van der Waals surface area contributed by atoms with Gasteiger partial charge in [-0.2, -0.15) is 0 Å². The molecule has 0 aliphatic heterocycles. The summed E-state index contributed by atoms with van der Waals surface area (Å²) in [5.41, 5.74) is 2.42. The van der Waals surface area contributed by atoms with Crippen molar-refractivity contribution in [3.63, 3.8) is 0 Å². The number of thioether (sulfide) groups is 1. The molecule has 0 fully saturated rings. The molecule has 4 aromatic rings. The predicted molar refractivity (Wildman–Crippen MR) is 190 cm³/mol. The van der Waals surface area contributed by atoms with Crippen molar-refractivity contribution in [3.8, 4) is 0 Å². The summed E-state index contributed by atoms with van der Waals surface area (Å²) >= 11 is 5.03. The monoisotopic (exact) mass is 721 g/mol. The Labute approximate surface area is 285 Å². The zero-order valence-corrected chi connectivity index (χ0v) is 30.0. The molecule has 0 unspecified atom stereocenters. The topological polar surface area (TPSA) is 86.8 Å². The SMILES string of the molecule is CSc1ccc(S(=O)(=O)N(CC(=O)N(Cc2cccc(Br)c2)[C@H](Cc2ccccc2)C(=O)NC(C)(C)C)c2ccc(C)cc2)cc1. The largest absolute Gasteiger partial charge is 0.350 e. The van der Waals surface area contributed by atoms with Crippen molar-refractivity contribution in [1.29, 1.82) is 0 Å². The second-order valence-corrected chi connectivity index (χ2v) is 15.8. The van der Waals surface area contributed by atoms with Crippen LogP contribution in [0.2, 0.25) is 0 Å².